The van der Waals surface area contributed by atoms with Gasteiger partial charge in [-0.1, -0.05) is 30.3 Å². The zero-order chi connectivity index (χ0) is 14.5. The first-order valence-corrected chi connectivity index (χ1v) is 6.80. The van der Waals surface area contributed by atoms with Gasteiger partial charge in [0.25, 0.3) is 0 Å². The Bertz CT molecular complexity index is 474. The van der Waals surface area contributed by atoms with Crippen molar-refractivity contribution in [1.82, 2.24) is 5.32 Å². The number of carbonyl (C=O) groups is 2. The van der Waals surface area contributed by atoms with Crippen LogP contribution in [-0.4, -0.2) is 35.7 Å². The predicted octanol–water partition coefficient (Wildman–Crippen LogP) is 1.22. The van der Waals surface area contributed by atoms with E-state index in [1.54, 1.807) is 0 Å². The molecule has 1 aromatic carbocycles. The Kier molecular flexibility index (Phi) is 4.74. The summed E-state index contributed by atoms with van der Waals surface area (Å²) in [5.41, 5.74) is 0.886. The van der Waals surface area contributed by atoms with E-state index in [0.717, 1.165) is 5.56 Å². The molecule has 5 nitrogen and oxygen atoms in total. The molecule has 2 N–H and O–H groups in total. The number of rotatable bonds is 7. The molecule has 1 amide bonds. The summed E-state index contributed by atoms with van der Waals surface area (Å²) in [5.74, 6) is -1.45. The molecule has 0 radical (unpaired) electrons. The fourth-order valence-electron chi connectivity index (χ4n) is 2.17. The summed E-state index contributed by atoms with van der Waals surface area (Å²) >= 11 is 0. The second-order valence-electron chi connectivity index (χ2n) is 4.93. The van der Waals surface area contributed by atoms with E-state index in [1.807, 2.05) is 37.3 Å². The molecule has 0 unspecified atom stereocenters. The van der Waals surface area contributed by atoms with Crippen molar-refractivity contribution in [2.24, 2.45) is 5.92 Å². The average molecular weight is 277 g/mol. The highest BCUT2D eigenvalue weighted by Crippen LogP contribution is 2.33. The van der Waals surface area contributed by atoms with Crippen molar-refractivity contribution < 1.29 is 19.4 Å². The minimum atomic E-state index is -1.02. The Labute approximate surface area is 117 Å². The molecular weight excluding hydrogens is 258 g/mol. The number of aliphatic carboxylic acids is 1. The van der Waals surface area contributed by atoms with Crippen LogP contribution in [0.15, 0.2) is 30.3 Å². The number of carboxylic acid groups (broad SMARTS) is 1. The van der Waals surface area contributed by atoms with Gasteiger partial charge in [0.15, 0.2) is 0 Å². The van der Waals surface area contributed by atoms with Gasteiger partial charge in [-0.2, -0.15) is 0 Å². The standard InChI is InChI=1S/C15H19NO4/c1-2-20-13-9-11(13)14(17)16-12(15(18)19)8-10-6-4-3-5-7-10/h3-7,11-13H,2,8-9H2,1H3,(H,16,17)(H,18,19)/t11-,12+,13-/m1/s1. The summed E-state index contributed by atoms with van der Waals surface area (Å²) in [6.07, 6.45) is 0.914. The van der Waals surface area contributed by atoms with Crippen molar-refractivity contribution in [2.75, 3.05) is 6.61 Å². The number of hydrogen-bond donors (Lipinski definition) is 2. The minimum absolute atomic E-state index is 0.0498. The molecule has 5 heteroatoms. The van der Waals surface area contributed by atoms with Crippen LogP contribution in [0.1, 0.15) is 18.9 Å². The van der Waals surface area contributed by atoms with E-state index >= 15 is 0 Å². The second kappa shape index (κ2) is 6.52. The molecule has 108 valence electrons. The zero-order valence-electron chi connectivity index (χ0n) is 11.4. The second-order valence-corrected chi connectivity index (χ2v) is 4.93. The Balaban J connectivity index is 1.90. The lowest BCUT2D eigenvalue weighted by Crippen LogP contribution is -2.43. The van der Waals surface area contributed by atoms with Gasteiger partial charge in [0.05, 0.1) is 12.0 Å². The number of hydrogen-bond acceptors (Lipinski definition) is 3. The number of amides is 1. The molecule has 1 aliphatic rings. The highest BCUT2D eigenvalue weighted by molar-refractivity contribution is 5.87. The smallest absolute Gasteiger partial charge is 0.326 e. The normalized spacial score (nSPS) is 22.1. The van der Waals surface area contributed by atoms with E-state index in [1.165, 1.54) is 0 Å². The first kappa shape index (κ1) is 14.5. The van der Waals surface area contributed by atoms with Crippen molar-refractivity contribution in [1.29, 1.82) is 0 Å². The zero-order valence-corrected chi connectivity index (χ0v) is 11.4. The Hall–Kier alpha value is -1.88. The SMILES string of the molecule is CCO[C@@H]1C[C@H]1C(=O)N[C@@H](Cc1ccccc1)C(=O)O. The molecular formula is C15H19NO4. The van der Waals surface area contributed by atoms with Gasteiger partial charge in [0.1, 0.15) is 6.04 Å². The summed E-state index contributed by atoms with van der Waals surface area (Å²) in [7, 11) is 0. The molecule has 0 spiro atoms. The van der Waals surface area contributed by atoms with Gasteiger partial charge < -0.3 is 15.2 Å². The van der Waals surface area contributed by atoms with E-state index in [2.05, 4.69) is 5.32 Å². The van der Waals surface area contributed by atoms with Crippen LogP contribution in [-0.2, 0) is 20.7 Å². The van der Waals surface area contributed by atoms with Crippen LogP contribution in [0.5, 0.6) is 0 Å². The van der Waals surface area contributed by atoms with Gasteiger partial charge in [0.2, 0.25) is 5.91 Å². The summed E-state index contributed by atoms with van der Waals surface area (Å²) in [6.45, 7) is 2.45. The van der Waals surface area contributed by atoms with Crippen LogP contribution in [0.25, 0.3) is 0 Å². The maximum absolute atomic E-state index is 11.9. The fourth-order valence-corrected chi connectivity index (χ4v) is 2.17. The van der Waals surface area contributed by atoms with E-state index in [9.17, 15) is 14.7 Å². The molecule has 1 saturated carbocycles. The van der Waals surface area contributed by atoms with Gasteiger partial charge in [0, 0.05) is 13.0 Å². The van der Waals surface area contributed by atoms with Gasteiger partial charge in [-0.05, 0) is 18.9 Å². The predicted molar refractivity (Wildman–Crippen MR) is 73.2 cm³/mol. The molecule has 0 heterocycles. The fraction of sp³-hybridized carbons (Fsp3) is 0.467. The van der Waals surface area contributed by atoms with Gasteiger partial charge in [-0.25, -0.2) is 4.79 Å². The minimum Gasteiger partial charge on any atom is -0.480 e. The van der Waals surface area contributed by atoms with Gasteiger partial charge in [-0.15, -0.1) is 0 Å². The third kappa shape index (κ3) is 3.81. The summed E-state index contributed by atoms with van der Waals surface area (Å²) < 4.78 is 5.34. The number of ether oxygens (including phenoxy) is 1. The number of carbonyl (C=O) groups excluding carboxylic acids is 1. The Morgan fingerprint density at radius 1 is 1.40 bits per heavy atom. The quantitative estimate of drug-likeness (QED) is 0.786. The van der Waals surface area contributed by atoms with Gasteiger partial charge >= 0.3 is 5.97 Å². The largest absolute Gasteiger partial charge is 0.480 e. The topological polar surface area (TPSA) is 75.6 Å². The number of carboxylic acids is 1. The molecule has 1 aliphatic carbocycles. The summed E-state index contributed by atoms with van der Waals surface area (Å²) in [5, 5.41) is 11.8. The lowest BCUT2D eigenvalue weighted by atomic mass is 10.1. The third-order valence-electron chi connectivity index (χ3n) is 3.35. The molecule has 0 bridgehead atoms. The first-order valence-electron chi connectivity index (χ1n) is 6.80. The van der Waals surface area contributed by atoms with Crippen LogP contribution in [0.3, 0.4) is 0 Å². The highest BCUT2D eigenvalue weighted by Gasteiger charge is 2.44. The molecule has 20 heavy (non-hydrogen) atoms. The highest BCUT2D eigenvalue weighted by atomic mass is 16.5. The molecule has 3 atom stereocenters. The van der Waals surface area contributed by atoms with Crippen molar-refractivity contribution in [3.63, 3.8) is 0 Å². The van der Waals surface area contributed by atoms with Crippen LogP contribution in [0, 0.1) is 5.92 Å². The maximum atomic E-state index is 11.9. The van der Waals surface area contributed by atoms with Crippen LogP contribution in [0.2, 0.25) is 0 Å². The number of benzene rings is 1. The van der Waals surface area contributed by atoms with E-state index in [4.69, 9.17) is 4.74 Å². The summed E-state index contributed by atoms with van der Waals surface area (Å²) in [4.78, 5) is 23.2. The first-order chi connectivity index (χ1) is 9.61. The molecule has 0 aromatic heterocycles. The summed E-state index contributed by atoms with van der Waals surface area (Å²) in [6, 6.07) is 8.37. The Morgan fingerprint density at radius 2 is 2.10 bits per heavy atom. The molecule has 0 saturated heterocycles. The number of nitrogens with one attached hydrogen (secondary N) is 1. The van der Waals surface area contributed by atoms with Crippen LogP contribution in [0.4, 0.5) is 0 Å². The van der Waals surface area contributed by atoms with Crippen LogP contribution < -0.4 is 5.32 Å². The maximum Gasteiger partial charge on any atom is 0.326 e. The monoisotopic (exact) mass is 277 g/mol. The van der Waals surface area contributed by atoms with Crippen molar-refractivity contribution in [3.05, 3.63) is 35.9 Å². The molecule has 0 aliphatic heterocycles. The average Bonchev–Trinajstić information content (AvgIpc) is 3.19. The van der Waals surface area contributed by atoms with E-state index < -0.39 is 12.0 Å². The molecule has 1 aromatic rings. The van der Waals surface area contributed by atoms with Crippen LogP contribution >= 0.6 is 0 Å². The van der Waals surface area contributed by atoms with Gasteiger partial charge in [-0.3, -0.25) is 4.79 Å². The van der Waals surface area contributed by atoms with E-state index in [0.29, 0.717) is 13.0 Å². The van der Waals surface area contributed by atoms with Crippen molar-refractivity contribution in [3.8, 4) is 0 Å². The van der Waals surface area contributed by atoms with E-state index in [-0.39, 0.29) is 24.3 Å². The third-order valence-corrected chi connectivity index (χ3v) is 3.35. The lowest BCUT2D eigenvalue weighted by molar-refractivity contribution is -0.142. The van der Waals surface area contributed by atoms with Crippen molar-refractivity contribution in [2.45, 2.75) is 31.9 Å². The van der Waals surface area contributed by atoms with Crippen molar-refractivity contribution >= 4 is 11.9 Å². The lowest BCUT2D eigenvalue weighted by Gasteiger charge is -2.14. The molecule has 1 fully saturated rings. The Morgan fingerprint density at radius 3 is 2.70 bits per heavy atom. The molecule has 2 rings (SSSR count).